The van der Waals surface area contributed by atoms with Gasteiger partial charge in [0, 0.05) is 26.9 Å². The Bertz CT molecular complexity index is 391. The lowest BCUT2D eigenvalue weighted by atomic mass is 10.00. The van der Waals surface area contributed by atoms with Gasteiger partial charge < -0.3 is 33.9 Å². The maximum absolute atomic E-state index is 11.3. The van der Waals surface area contributed by atoms with Gasteiger partial charge in [-0.05, 0) is 13.8 Å². The third kappa shape index (κ3) is 4.62. The Hall–Kier alpha value is -0.770. The fraction of sp³-hybridized carbons (Fsp3) is 0.933. The van der Waals surface area contributed by atoms with E-state index in [1.54, 1.807) is 13.8 Å². The summed E-state index contributed by atoms with van der Waals surface area (Å²) < 4.78 is 27.3. The molecule has 0 radical (unpaired) electrons. The first-order chi connectivity index (χ1) is 10.8. The van der Waals surface area contributed by atoms with E-state index >= 15 is 0 Å². The summed E-state index contributed by atoms with van der Waals surface area (Å²) >= 11 is 0. The number of ether oxygens (including phenoxy) is 5. The van der Waals surface area contributed by atoms with Crippen LogP contribution in [-0.2, 0) is 28.5 Å². The Morgan fingerprint density at radius 3 is 2.30 bits per heavy atom. The summed E-state index contributed by atoms with van der Waals surface area (Å²) in [6, 6.07) is 0. The molecule has 2 N–H and O–H groups in total. The van der Waals surface area contributed by atoms with Crippen molar-refractivity contribution in [1.82, 2.24) is 0 Å². The van der Waals surface area contributed by atoms with Crippen molar-refractivity contribution in [3.8, 4) is 0 Å². The molecule has 2 heterocycles. The van der Waals surface area contributed by atoms with E-state index in [1.807, 2.05) is 0 Å². The minimum absolute atomic E-state index is 0.153. The van der Waals surface area contributed by atoms with Crippen molar-refractivity contribution in [3.63, 3.8) is 0 Å². The molecule has 0 amide bonds. The molecule has 2 rings (SSSR count). The van der Waals surface area contributed by atoms with Crippen LogP contribution in [0.15, 0.2) is 0 Å². The molecule has 23 heavy (non-hydrogen) atoms. The Morgan fingerprint density at radius 2 is 1.74 bits per heavy atom. The first kappa shape index (κ1) is 18.6. The number of rotatable bonds is 4. The molecule has 134 valence electrons. The molecular weight excluding hydrogens is 308 g/mol. The van der Waals surface area contributed by atoms with Gasteiger partial charge in [-0.25, -0.2) is 0 Å². The minimum atomic E-state index is -1.00. The molecule has 8 atom stereocenters. The molecule has 0 saturated carbocycles. The van der Waals surface area contributed by atoms with Crippen LogP contribution in [0.1, 0.15) is 33.6 Å². The summed E-state index contributed by atoms with van der Waals surface area (Å²) in [7, 11) is 1.52. The standard InChI is InChI=1S/C15H26O8/c1-7-14(19-4)10(17)5-13(21-7)23-11-6-12(18)20-8(2)15(11)22-9(3)16/h7-8,10-15,17-18H,5-6H2,1-4H3/t7-,8+,10-,11-,12-,13-,14+,15+/m1/s1. The van der Waals surface area contributed by atoms with Gasteiger partial charge in [0.25, 0.3) is 0 Å². The predicted octanol–water partition coefficient (Wildman–Crippen LogP) is -0.0587. The third-order valence-electron chi connectivity index (χ3n) is 4.18. The maximum atomic E-state index is 11.3. The highest BCUT2D eigenvalue weighted by Gasteiger charge is 2.43. The van der Waals surface area contributed by atoms with Gasteiger partial charge >= 0.3 is 5.97 Å². The number of methoxy groups -OCH3 is 1. The molecule has 2 aliphatic heterocycles. The molecule has 8 heteroatoms. The second-order valence-corrected chi connectivity index (χ2v) is 6.05. The van der Waals surface area contributed by atoms with Crippen LogP contribution in [0.5, 0.6) is 0 Å². The number of carbonyl (C=O) groups excluding carboxylic acids is 1. The van der Waals surface area contributed by atoms with Crippen LogP contribution in [0, 0.1) is 0 Å². The summed E-state index contributed by atoms with van der Waals surface area (Å²) in [5, 5.41) is 19.9. The van der Waals surface area contributed by atoms with Gasteiger partial charge in [-0.1, -0.05) is 0 Å². The lowest BCUT2D eigenvalue weighted by Crippen LogP contribution is -2.54. The van der Waals surface area contributed by atoms with E-state index in [9.17, 15) is 15.0 Å². The number of esters is 1. The molecule has 0 aromatic rings. The van der Waals surface area contributed by atoms with Gasteiger partial charge in [0.15, 0.2) is 18.7 Å². The molecule has 0 aromatic heterocycles. The molecule has 0 spiro atoms. The van der Waals surface area contributed by atoms with Crippen LogP contribution in [-0.4, -0.2) is 72.5 Å². The molecule has 0 aromatic carbocycles. The molecule has 0 unspecified atom stereocenters. The SMILES string of the molecule is CO[C@@H]1[C@H](O)C[C@@H](O[C@@H]2C[C@H](O)O[C@@H](C)[C@@H]2OC(C)=O)O[C@@H]1C. The van der Waals surface area contributed by atoms with Crippen molar-refractivity contribution in [3.05, 3.63) is 0 Å². The van der Waals surface area contributed by atoms with E-state index in [4.69, 9.17) is 23.7 Å². The topological polar surface area (TPSA) is 104 Å². The fourth-order valence-corrected chi connectivity index (χ4v) is 3.16. The zero-order valence-corrected chi connectivity index (χ0v) is 13.9. The van der Waals surface area contributed by atoms with Crippen LogP contribution < -0.4 is 0 Å². The molecule has 0 aliphatic carbocycles. The van der Waals surface area contributed by atoms with Crippen molar-refractivity contribution in [2.75, 3.05) is 7.11 Å². The monoisotopic (exact) mass is 334 g/mol. The van der Waals surface area contributed by atoms with Gasteiger partial charge in [0.1, 0.15) is 12.2 Å². The van der Waals surface area contributed by atoms with E-state index in [0.29, 0.717) is 0 Å². The van der Waals surface area contributed by atoms with Crippen LogP contribution >= 0.6 is 0 Å². The minimum Gasteiger partial charge on any atom is -0.457 e. The molecule has 2 aliphatic rings. The van der Waals surface area contributed by atoms with E-state index in [1.165, 1.54) is 14.0 Å². The zero-order chi connectivity index (χ0) is 17.1. The fourth-order valence-electron chi connectivity index (χ4n) is 3.16. The molecule has 2 saturated heterocycles. The van der Waals surface area contributed by atoms with Crippen molar-refractivity contribution < 1.29 is 38.7 Å². The summed E-state index contributed by atoms with van der Waals surface area (Å²) in [5.74, 6) is -0.451. The van der Waals surface area contributed by atoms with E-state index in [0.717, 1.165) is 0 Å². The summed E-state index contributed by atoms with van der Waals surface area (Å²) in [6.45, 7) is 4.80. The second-order valence-electron chi connectivity index (χ2n) is 6.05. The Morgan fingerprint density at radius 1 is 1.09 bits per heavy atom. The van der Waals surface area contributed by atoms with Crippen LogP contribution in [0.2, 0.25) is 0 Å². The van der Waals surface area contributed by atoms with Gasteiger partial charge in [0.2, 0.25) is 0 Å². The average molecular weight is 334 g/mol. The Labute approximate surface area is 135 Å². The highest BCUT2D eigenvalue weighted by atomic mass is 16.7. The van der Waals surface area contributed by atoms with Crippen LogP contribution in [0.25, 0.3) is 0 Å². The molecule has 2 fully saturated rings. The van der Waals surface area contributed by atoms with E-state index < -0.39 is 49.1 Å². The second kappa shape index (κ2) is 7.87. The van der Waals surface area contributed by atoms with Crippen molar-refractivity contribution >= 4 is 5.97 Å². The van der Waals surface area contributed by atoms with Crippen molar-refractivity contribution in [1.29, 1.82) is 0 Å². The number of carbonyl (C=O) groups is 1. The largest absolute Gasteiger partial charge is 0.457 e. The lowest BCUT2D eigenvalue weighted by Gasteiger charge is -2.42. The molecular formula is C15H26O8. The quantitative estimate of drug-likeness (QED) is 0.689. The van der Waals surface area contributed by atoms with E-state index in [2.05, 4.69) is 0 Å². The van der Waals surface area contributed by atoms with Crippen molar-refractivity contribution in [2.45, 2.75) is 82.8 Å². The van der Waals surface area contributed by atoms with Crippen LogP contribution in [0.4, 0.5) is 0 Å². The number of aliphatic hydroxyl groups excluding tert-OH is 2. The van der Waals surface area contributed by atoms with E-state index in [-0.39, 0.29) is 18.9 Å². The molecule has 0 bridgehead atoms. The van der Waals surface area contributed by atoms with Gasteiger partial charge in [-0.3, -0.25) is 4.79 Å². The van der Waals surface area contributed by atoms with Crippen LogP contribution in [0.3, 0.4) is 0 Å². The normalized spacial score (nSPS) is 44.8. The smallest absolute Gasteiger partial charge is 0.303 e. The number of hydrogen-bond acceptors (Lipinski definition) is 8. The summed E-state index contributed by atoms with van der Waals surface area (Å²) in [4.78, 5) is 11.3. The highest BCUT2D eigenvalue weighted by molar-refractivity contribution is 5.66. The number of hydrogen-bond donors (Lipinski definition) is 2. The third-order valence-corrected chi connectivity index (χ3v) is 4.18. The van der Waals surface area contributed by atoms with Crippen molar-refractivity contribution in [2.24, 2.45) is 0 Å². The Balaban J connectivity index is 2.02. The average Bonchev–Trinajstić information content (AvgIpc) is 2.42. The van der Waals surface area contributed by atoms with Gasteiger partial charge in [0.05, 0.1) is 18.3 Å². The molecule has 8 nitrogen and oxygen atoms in total. The predicted molar refractivity (Wildman–Crippen MR) is 77.4 cm³/mol. The first-order valence-electron chi connectivity index (χ1n) is 7.84. The summed E-state index contributed by atoms with van der Waals surface area (Å²) in [6.07, 6.45) is -4.51. The summed E-state index contributed by atoms with van der Waals surface area (Å²) in [5.41, 5.74) is 0. The van der Waals surface area contributed by atoms with Gasteiger partial charge in [-0.15, -0.1) is 0 Å². The maximum Gasteiger partial charge on any atom is 0.303 e. The number of aliphatic hydroxyl groups is 2. The van der Waals surface area contributed by atoms with Gasteiger partial charge in [-0.2, -0.15) is 0 Å². The zero-order valence-electron chi connectivity index (χ0n) is 13.9. The highest BCUT2D eigenvalue weighted by Crippen LogP contribution is 2.29. The first-order valence-corrected chi connectivity index (χ1v) is 7.84. The lowest BCUT2D eigenvalue weighted by molar-refractivity contribution is -0.304. The Kier molecular flexibility index (Phi) is 6.35.